The molecular formula is CH3N4NaO. The zero-order valence-electron chi connectivity index (χ0n) is 4.80. The Bertz CT molecular complexity index is 154. The van der Waals surface area contributed by atoms with Crippen LogP contribution in [0.3, 0.4) is 0 Å². The van der Waals surface area contributed by atoms with E-state index in [4.69, 9.17) is 0 Å². The molecule has 5 nitrogen and oxygen atoms in total. The zero-order valence-corrected chi connectivity index (χ0v) is 5.80. The van der Waals surface area contributed by atoms with Crippen LogP contribution in [0.15, 0.2) is 4.79 Å². The van der Waals surface area contributed by atoms with Gasteiger partial charge in [-0.2, -0.15) is 0 Å². The molecule has 0 unspecified atom stereocenters. The minimum absolute atomic E-state index is 0. The number of tetrazole rings is 1. The monoisotopic (exact) mass is 110 g/mol. The van der Waals surface area contributed by atoms with Gasteiger partial charge in [-0.25, -0.2) is 15.0 Å². The Morgan fingerprint density at radius 1 is 1.43 bits per heavy atom. The van der Waals surface area contributed by atoms with E-state index < -0.39 is 0 Å². The van der Waals surface area contributed by atoms with Gasteiger partial charge >= 0.3 is 35.2 Å². The van der Waals surface area contributed by atoms with Crippen LogP contribution in [0.25, 0.3) is 0 Å². The van der Waals surface area contributed by atoms with Gasteiger partial charge in [-0.15, -0.1) is 0 Å². The van der Waals surface area contributed by atoms with Gasteiger partial charge in [-0.1, -0.05) is 0 Å². The summed E-state index contributed by atoms with van der Waals surface area (Å²) < 4.78 is 0. The van der Waals surface area contributed by atoms with Crippen molar-refractivity contribution in [1.29, 1.82) is 0 Å². The molecule has 0 saturated carbocycles. The van der Waals surface area contributed by atoms with Crippen LogP contribution >= 0.6 is 0 Å². The molecule has 0 spiro atoms. The molecule has 1 heterocycles. The Morgan fingerprint density at radius 2 is 1.86 bits per heavy atom. The third-order valence-electron chi connectivity index (χ3n) is 0.353. The molecule has 1 aromatic heterocycles. The first-order chi connectivity index (χ1) is 2.89. The summed E-state index contributed by atoms with van der Waals surface area (Å²) >= 11 is 0. The van der Waals surface area contributed by atoms with Crippen LogP contribution in [0, 0.1) is 0 Å². The molecule has 0 aliphatic rings. The fourth-order valence-corrected chi connectivity index (χ4v) is 0.166. The molecule has 2 N–H and O–H groups in total. The van der Waals surface area contributed by atoms with E-state index in [1.54, 1.807) is 0 Å². The molecule has 34 valence electrons. The summed E-state index contributed by atoms with van der Waals surface area (Å²) in [4.78, 5) is 9.83. The second kappa shape index (κ2) is 2.95. The summed E-state index contributed by atoms with van der Waals surface area (Å²) in [6, 6.07) is 0. The van der Waals surface area contributed by atoms with Crippen LogP contribution in [0.1, 0.15) is 1.43 Å². The molecule has 0 amide bonds. The van der Waals surface area contributed by atoms with E-state index in [-0.39, 0.29) is 36.7 Å². The first-order valence-corrected chi connectivity index (χ1v) is 1.35. The molecule has 1 rings (SSSR count). The van der Waals surface area contributed by atoms with Crippen LogP contribution in [0.5, 0.6) is 0 Å². The first-order valence-electron chi connectivity index (χ1n) is 1.35. The van der Waals surface area contributed by atoms with Crippen molar-refractivity contribution in [2.75, 3.05) is 0 Å². The molecule has 0 bridgehead atoms. The minimum Gasteiger partial charge on any atom is -1.00 e. The van der Waals surface area contributed by atoms with E-state index in [1.807, 2.05) is 10.2 Å². The van der Waals surface area contributed by atoms with Gasteiger partial charge < -0.3 is 1.43 Å². The zero-order chi connectivity index (χ0) is 4.41. The van der Waals surface area contributed by atoms with Crippen molar-refractivity contribution >= 4 is 0 Å². The molecule has 0 aliphatic carbocycles. The normalized spacial score (nSPS) is 7.43. The van der Waals surface area contributed by atoms with Crippen LogP contribution in [-0.2, 0) is 0 Å². The van der Waals surface area contributed by atoms with Crippen LogP contribution < -0.4 is 35.2 Å². The van der Waals surface area contributed by atoms with Crippen molar-refractivity contribution in [3.8, 4) is 0 Å². The predicted octanol–water partition coefficient (Wildman–Crippen LogP) is -4.39. The second-order valence-electron chi connectivity index (χ2n) is 0.753. The minimum atomic E-state index is -0.380. The topological polar surface area (TPSA) is 74.4 Å². The summed E-state index contributed by atoms with van der Waals surface area (Å²) in [5.41, 5.74) is -0.380. The maximum atomic E-state index is 9.83. The maximum absolute atomic E-state index is 9.83. The Balaban J connectivity index is 0. The van der Waals surface area contributed by atoms with E-state index in [0.717, 1.165) is 0 Å². The van der Waals surface area contributed by atoms with Gasteiger partial charge in [-0.05, 0) is 10.4 Å². The summed E-state index contributed by atoms with van der Waals surface area (Å²) in [5, 5.41) is 10.2. The van der Waals surface area contributed by atoms with Gasteiger partial charge in [0.15, 0.2) is 0 Å². The molecule has 0 fully saturated rings. The van der Waals surface area contributed by atoms with Crippen LogP contribution in [0.4, 0.5) is 0 Å². The van der Waals surface area contributed by atoms with Crippen LogP contribution in [-0.4, -0.2) is 20.6 Å². The van der Waals surface area contributed by atoms with E-state index in [2.05, 4.69) is 10.4 Å². The quantitative estimate of drug-likeness (QED) is 0.331. The molecule has 7 heavy (non-hydrogen) atoms. The van der Waals surface area contributed by atoms with Crippen molar-refractivity contribution in [3.05, 3.63) is 10.5 Å². The van der Waals surface area contributed by atoms with E-state index >= 15 is 0 Å². The number of rotatable bonds is 0. The predicted molar refractivity (Wildman–Crippen MR) is 18.1 cm³/mol. The van der Waals surface area contributed by atoms with Crippen molar-refractivity contribution in [1.82, 2.24) is 20.6 Å². The number of nitrogens with zero attached hydrogens (tertiary/aromatic N) is 2. The number of aromatic amines is 2. The Labute approximate surface area is 62.3 Å². The molecular weight excluding hydrogens is 107 g/mol. The van der Waals surface area contributed by atoms with Gasteiger partial charge in [-0.3, -0.25) is 0 Å². The largest absolute Gasteiger partial charge is 1.00 e. The van der Waals surface area contributed by atoms with Gasteiger partial charge in [0.1, 0.15) is 0 Å². The summed E-state index contributed by atoms with van der Waals surface area (Å²) in [7, 11) is 0. The SMILES string of the molecule is O=c1[nH]nn[nH]1.[H-].[Na+]. The fourth-order valence-electron chi connectivity index (χ4n) is 0.166. The molecule has 0 aromatic carbocycles. The number of hydrogen-bond donors (Lipinski definition) is 2. The van der Waals surface area contributed by atoms with Gasteiger partial charge in [0, 0.05) is 0 Å². The Hall–Kier alpha value is -0.130. The number of nitrogens with one attached hydrogen (secondary N) is 2. The van der Waals surface area contributed by atoms with E-state index in [0.29, 0.717) is 0 Å². The van der Waals surface area contributed by atoms with Crippen molar-refractivity contribution < 1.29 is 31.0 Å². The summed E-state index contributed by atoms with van der Waals surface area (Å²) in [5.74, 6) is 0. The third kappa shape index (κ3) is 1.86. The van der Waals surface area contributed by atoms with Gasteiger partial charge in [0.25, 0.3) is 0 Å². The van der Waals surface area contributed by atoms with Crippen molar-refractivity contribution in [2.24, 2.45) is 0 Å². The second-order valence-corrected chi connectivity index (χ2v) is 0.753. The van der Waals surface area contributed by atoms with Gasteiger partial charge in [0.05, 0.1) is 0 Å². The molecule has 0 saturated heterocycles. The Kier molecular flexibility index (Phi) is 2.89. The molecule has 0 atom stereocenters. The first kappa shape index (κ1) is 6.87. The molecule has 0 aliphatic heterocycles. The number of aromatic nitrogens is 4. The van der Waals surface area contributed by atoms with Crippen LogP contribution in [0.2, 0.25) is 0 Å². The van der Waals surface area contributed by atoms with Crippen molar-refractivity contribution in [2.45, 2.75) is 0 Å². The summed E-state index contributed by atoms with van der Waals surface area (Å²) in [6.07, 6.45) is 0. The molecule has 1 aromatic rings. The Morgan fingerprint density at radius 3 is 2.00 bits per heavy atom. The fraction of sp³-hybridized carbons (Fsp3) is 0. The van der Waals surface area contributed by atoms with Crippen molar-refractivity contribution in [3.63, 3.8) is 0 Å². The van der Waals surface area contributed by atoms with Gasteiger partial charge in [0.2, 0.25) is 0 Å². The summed E-state index contributed by atoms with van der Waals surface area (Å²) in [6.45, 7) is 0. The number of hydrogen-bond acceptors (Lipinski definition) is 3. The third-order valence-corrected chi connectivity index (χ3v) is 0.353. The van der Waals surface area contributed by atoms with E-state index in [9.17, 15) is 4.79 Å². The average Bonchev–Trinajstić information content (AvgIpc) is 1.86. The van der Waals surface area contributed by atoms with E-state index in [1.165, 1.54) is 0 Å². The maximum Gasteiger partial charge on any atom is 1.00 e. The molecule has 0 radical (unpaired) electrons. The number of H-pyrrole nitrogens is 2. The standard InChI is InChI=1S/CH2N4O.Na.H/c6-1-2-4-5-3-1;;/h(H2,2,3,4,5,6);;/q;+1;-1. The molecule has 6 heteroatoms. The smallest absolute Gasteiger partial charge is 1.00 e. The average molecular weight is 110 g/mol.